The van der Waals surface area contributed by atoms with Gasteiger partial charge in [-0.25, -0.2) is 13.6 Å². The van der Waals surface area contributed by atoms with Crippen LogP contribution in [-0.4, -0.2) is 58.5 Å². The highest BCUT2D eigenvalue weighted by Crippen LogP contribution is 2.18. The zero-order valence-corrected chi connectivity index (χ0v) is 15.6. The smallest absolute Gasteiger partial charge is 0.238 e. The Bertz CT molecular complexity index is 653. The van der Waals surface area contributed by atoms with E-state index in [1.807, 2.05) is 0 Å². The predicted molar refractivity (Wildman–Crippen MR) is 99.0 cm³/mol. The molecule has 0 unspecified atom stereocenters. The molecule has 1 aromatic carbocycles. The van der Waals surface area contributed by atoms with E-state index >= 15 is 0 Å². The number of carbonyl (C=O) groups is 1. The van der Waals surface area contributed by atoms with E-state index in [0.29, 0.717) is 6.54 Å². The second-order valence-corrected chi connectivity index (χ2v) is 7.92. The number of nitrogens with one attached hydrogen (secondary N) is 1. The van der Waals surface area contributed by atoms with Crippen LogP contribution in [0.25, 0.3) is 0 Å². The van der Waals surface area contributed by atoms with Gasteiger partial charge in [-0.3, -0.25) is 9.69 Å². The van der Waals surface area contributed by atoms with E-state index < -0.39 is 10.0 Å². The monoisotopic (exact) mass is 368 g/mol. The summed E-state index contributed by atoms with van der Waals surface area (Å²) in [6.45, 7) is 6.55. The summed E-state index contributed by atoms with van der Waals surface area (Å²) in [7, 11) is -3.66. The zero-order chi connectivity index (χ0) is 18.3. The minimum Gasteiger partial charge on any atom is -0.369 e. The molecule has 25 heavy (non-hydrogen) atoms. The number of amides is 1. The Morgan fingerprint density at radius 3 is 2.32 bits per heavy atom. The third-order valence-corrected chi connectivity index (χ3v) is 5.30. The lowest BCUT2D eigenvalue weighted by Crippen LogP contribution is -2.49. The van der Waals surface area contributed by atoms with Crippen molar-refractivity contribution in [2.45, 2.75) is 31.1 Å². The van der Waals surface area contributed by atoms with E-state index in [9.17, 15) is 13.2 Å². The first-order valence-corrected chi connectivity index (χ1v) is 10.3. The summed E-state index contributed by atoms with van der Waals surface area (Å²) in [6.07, 6.45) is 3.32. The Kier molecular flexibility index (Phi) is 7.22. The normalized spacial score (nSPS) is 16.0. The van der Waals surface area contributed by atoms with E-state index in [1.165, 1.54) is 12.1 Å². The second-order valence-electron chi connectivity index (χ2n) is 6.36. The number of sulfonamides is 1. The summed E-state index contributed by atoms with van der Waals surface area (Å²) < 4.78 is 22.6. The van der Waals surface area contributed by atoms with Crippen LogP contribution < -0.4 is 15.4 Å². The molecule has 0 saturated carbocycles. The molecule has 1 saturated heterocycles. The van der Waals surface area contributed by atoms with E-state index in [2.05, 4.69) is 22.0 Å². The molecule has 2 rings (SSSR count). The number of piperazine rings is 1. The molecule has 1 fully saturated rings. The maximum Gasteiger partial charge on any atom is 0.238 e. The third-order valence-electron chi connectivity index (χ3n) is 4.37. The van der Waals surface area contributed by atoms with Gasteiger partial charge in [-0.2, -0.15) is 0 Å². The van der Waals surface area contributed by atoms with Crippen LogP contribution in [-0.2, 0) is 14.8 Å². The van der Waals surface area contributed by atoms with Gasteiger partial charge < -0.3 is 10.2 Å². The van der Waals surface area contributed by atoms with Crippen LogP contribution in [0.15, 0.2) is 29.2 Å². The lowest BCUT2D eigenvalue weighted by Gasteiger charge is -2.35. The van der Waals surface area contributed by atoms with Crippen molar-refractivity contribution < 1.29 is 13.2 Å². The number of rotatable bonds is 8. The number of benzene rings is 1. The maximum absolute atomic E-state index is 11.9. The molecule has 0 atom stereocenters. The van der Waals surface area contributed by atoms with E-state index in [1.54, 1.807) is 12.1 Å². The molecule has 0 bridgehead atoms. The van der Waals surface area contributed by atoms with Gasteiger partial charge in [0.2, 0.25) is 15.9 Å². The van der Waals surface area contributed by atoms with E-state index in [-0.39, 0.29) is 10.8 Å². The van der Waals surface area contributed by atoms with Crippen molar-refractivity contribution in [2.75, 3.05) is 44.2 Å². The minimum absolute atomic E-state index is 0.0852. The Hall–Kier alpha value is -1.64. The van der Waals surface area contributed by atoms with Crippen molar-refractivity contribution in [3.63, 3.8) is 0 Å². The number of hydrogen-bond donors (Lipinski definition) is 2. The molecule has 0 spiro atoms. The number of hydrogen-bond acceptors (Lipinski definition) is 5. The van der Waals surface area contributed by atoms with Crippen molar-refractivity contribution in [1.82, 2.24) is 10.2 Å². The van der Waals surface area contributed by atoms with Crippen molar-refractivity contribution >= 4 is 21.6 Å². The average molecular weight is 369 g/mol. The van der Waals surface area contributed by atoms with Crippen molar-refractivity contribution in [2.24, 2.45) is 5.14 Å². The van der Waals surface area contributed by atoms with Crippen molar-refractivity contribution in [1.29, 1.82) is 0 Å². The van der Waals surface area contributed by atoms with Gasteiger partial charge in [0.15, 0.2) is 0 Å². The number of nitrogens with zero attached hydrogens (tertiary/aromatic N) is 2. The summed E-state index contributed by atoms with van der Waals surface area (Å²) in [5.41, 5.74) is 0.969. The first kappa shape index (κ1) is 19.7. The standard InChI is InChI=1S/C17H28N4O3S/c1-2-3-4-9-19-17(22)14-20-10-12-21(13-11-20)15-5-7-16(8-6-15)25(18,23)24/h5-8H,2-4,9-14H2,1H3,(H,19,22)(H2,18,23,24). The van der Waals surface area contributed by atoms with Crippen LogP contribution in [0.5, 0.6) is 0 Å². The van der Waals surface area contributed by atoms with Crippen LogP contribution >= 0.6 is 0 Å². The van der Waals surface area contributed by atoms with Gasteiger partial charge in [0.05, 0.1) is 11.4 Å². The summed E-state index contributed by atoms with van der Waals surface area (Å²) in [4.78, 5) is 16.4. The van der Waals surface area contributed by atoms with Gasteiger partial charge in [-0.05, 0) is 30.7 Å². The molecule has 0 aliphatic carbocycles. The van der Waals surface area contributed by atoms with Crippen molar-refractivity contribution in [3.8, 4) is 0 Å². The van der Waals surface area contributed by atoms with Crippen LogP contribution in [0, 0.1) is 0 Å². The summed E-state index contributed by atoms with van der Waals surface area (Å²) in [5.74, 6) is 0.0852. The fourth-order valence-corrected chi connectivity index (χ4v) is 3.39. The summed E-state index contributed by atoms with van der Waals surface area (Å²) in [6, 6.07) is 6.60. The Morgan fingerprint density at radius 2 is 1.76 bits per heavy atom. The van der Waals surface area contributed by atoms with Crippen LogP contribution in [0.3, 0.4) is 0 Å². The largest absolute Gasteiger partial charge is 0.369 e. The molecule has 0 aromatic heterocycles. The third kappa shape index (κ3) is 6.30. The number of unbranched alkanes of at least 4 members (excludes halogenated alkanes) is 2. The predicted octanol–water partition coefficient (Wildman–Crippen LogP) is 0.762. The zero-order valence-electron chi connectivity index (χ0n) is 14.8. The molecule has 1 aliphatic rings. The Morgan fingerprint density at radius 1 is 1.12 bits per heavy atom. The molecule has 1 amide bonds. The minimum atomic E-state index is -3.66. The first-order chi connectivity index (χ1) is 11.9. The van der Waals surface area contributed by atoms with E-state index in [0.717, 1.165) is 57.7 Å². The highest BCUT2D eigenvalue weighted by molar-refractivity contribution is 7.89. The number of nitrogens with two attached hydrogens (primary N) is 1. The quantitative estimate of drug-likeness (QED) is 0.661. The SMILES string of the molecule is CCCCCNC(=O)CN1CCN(c2ccc(S(N)(=O)=O)cc2)CC1. The molecular formula is C17H28N4O3S. The van der Waals surface area contributed by atoms with Gasteiger partial charge in [-0.15, -0.1) is 0 Å². The molecule has 1 aliphatic heterocycles. The summed E-state index contributed by atoms with van der Waals surface area (Å²) >= 11 is 0. The Labute approximate surface area is 150 Å². The molecule has 140 valence electrons. The number of primary sulfonamides is 1. The molecule has 3 N–H and O–H groups in total. The van der Waals surface area contributed by atoms with Gasteiger partial charge in [0.25, 0.3) is 0 Å². The van der Waals surface area contributed by atoms with Crippen LogP contribution in [0.2, 0.25) is 0 Å². The second kappa shape index (κ2) is 9.17. The number of carbonyl (C=O) groups excluding carboxylic acids is 1. The fraction of sp³-hybridized carbons (Fsp3) is 0.588. The molecular weight excluding hydrogens is 340 g/mol. The van der Waals surface area contributed by atoms with Gasteiger partial charge >= 0.3 is 0 Å². The fourth-order valence-electron chi connectivity index (χ4n) is 2.87. The number of anilines is 1. The van der Waals surface area contributed by atoms with Crippen LogP contribution in [0.4, 0.5) is 5.69 Å². The van der Waals surface area contributed by atoms with Gasteiger partial charge in [-0.1, -0.05) is 19.8 Å². The van der Waals surface area contributed by atoms with Crippen molar-refractivity contribution in [3.05, 3.63) is 24.3 Å². The molecule has 1 aromatic rings. The maximum atomic E-state index is 11.9. The topological polar surface area (TPSA) is 95.7 Å². The lowest BCUT2D eigenvalue weighted by atomic mass is 10.2. The van der Waals surface area contributed by atoms with Gasteiger partial charge in [0.1, 0.15) is 0 Å². The molecule has 7 nitrogen and oxygen atoms in total. The van der Waals surface area contributed by atoms with Crippen LogP contribution in [0.1, 0.15) is 26.2 Å². The highest BCUT2D eigenvalue weighted by Gasteiger charge is 2.19. The Balaban J connectivity index is 1.76. The first-order valence-electron chi connectivity index (χ1n) is 8.77. The molecule has 1 heterocycles. The van der Waals surface area contributed by atoms with Gasteiger partial charge in [0, 0.05) is 38.4 Å². The molecule has 0 radical (unpaired) electrons. The highest BCUT2D eigenvalue weighted by atomic mass is 32.2. The lowest BCUT2D eigenvalue weighted by molar-refractivity contribution is -0.122. The average Bonchev–Trinajstić information content (AvgIpc) is 2.59. The van der Waals surface area contributed by atoms with E-state index in [4.69, 9.17) is 5.14 Å². The summed E-state index contributed by atoms with van der Waals surface area (Å²) in [5, 5.41) is 8.08. The molecule has 8 heteroatoms.